The van der Waals surface area contributed by atoms with Crippen LogP contribution in [0.1, 0.15) is 5.69 Å². The van der Waals surface area contributed by atoms with E-state index >= 15 is 0 Å². The van der Waals surface area contributed by atoms with Gasteiger partial charge in [0.15, 0.2) is 0 Å². The second kappa shape index (κ2) is 8.11. The van der Waals surface area contributed by atoms with Crippen molar-refractivity contribution in [1.29, 1.82) is 0 Å². The first kappa shape index (κ1) is 16.7. The minimum Gasteiger partial charge on any atom is -0.395 e. The largest absolute Gasteiger partial charge is 0.395 e. The molecule has 0 bridgehead atoms. The van der Waals surface area contributed by atoms with E-state index in [1.165, 1.54) is 4.68 Å². The van der Waals surface area contributed by atoms with Gasteiger partial charge in [-0.3, -0.25) is 9.48 Å². The third kappa shape index (κ3) is 4.67. The summed E-state index contributed by atoms with van der Waals surface area (Å²) in [7, 11) is 0. The van der Waals surface area contributed by atoms with Crippen LogP contribution < -0.4 is 10.6 Å². The van der Waals surface area contributed by atoms with Gasteiger partial charge in [0.1, 0.15) is 6.54 Å². The molecular weight excluding hydrogens is 320 g/mol. The summed E-state index contributed by atoms with van der Waals surface area (Å²) in [6.45, 7) is 0.842. The Balaban J connectivity index is 1.52. The number of rotatable bonds is 8. The molecule has 0 aliphatic carbocycles. The van der Waals surface area contributed by atoms with E-state index in [-0.39, 0.29) is 25.6 Å². The number of amides is 1. The van der Waals surface area contributed by atoms with E-state index in [2.05, 4.69) is 20.8 Å². The van der Waals surface area contributed by atoms with Crippen LogP contribution in [0.3, 0.4) is 0 Å². The van der Waals surface area contributed by atoms with E-state index in [1.807, 2.05) is 47.3 Å². The van der Waals surface area contributed by atoms with Crippen molar-refractivity contribution in [2.75, 3.05) is 18.5 Å². The summed E-state index contributed by atoms with van der Waals surface area (Å²) in [4.78, 5) is 11.6. The molecule has 2 aromatic heterocycles. The van der Waals surface area contributed by atoms with Gasteiger partial charge in [-0.05, 0) is 18.2 Å². The van der Waals surface area contributed by atoms with E-state index in [0.717, 1.165) is 17.1 Å². The molecule has 0 radical (unpaired) electrons. The van der Waals surface area contributed by atoms with Gasteiger partial charge in [0.2, 0.25) is 5.91 Å². The zero-order valence-electron chi connectivity index (χ0n) is 13.7. The number of carbonyl (C=O) groups is 1. The van der Waals surface area contributed by atoms with E-state index in [9.17, 15) is 4.79 Å². The second-order valence-electron chi connectivity index (χ2n) is 5.44. The molecule has 0 aliphatic rings. The maximum Gasteiger partial charge on any atom is 0.241 e. The van der Waals surface area contributed by atoms with Crippen molar-refractivity contribution in [2.24, 2.45) is 0 Å². The molecule has 0 aliphatic heterocycles. The van der Waals surface area contributed by atoms with Crippen molar-refractivity contribution in [3.05, 3.63) is 60.7 Å². The predicted octanol–water partition coefficient (Wildman–Crippen LogP) is 0.789. The standard InChI is InChI=1S/C17H20N6O2/c24-9-7-18-17(25)13-22-12-15(11-20-22)19-10-14-6-8-23(21-14)16-4-2-1-3-5-16/h1-6,8,11-12,19,24H,7,9-10,13H2,(H,18,25). The van der Waals surface area contributed by atoms with Crippen molar-refractivity contribution in [3.8, 4) is 5.69 Å². The van der Waals surface area contributed by atoms with Crippen LogP contribution in [-0.2, 0) is 17.9 Å². The molecule has 0 spiro atoms. The fourth-order valence-electron chi connectivity index (χ4n) is 2.31. The number of nitrogens with one attached hydrogen (secondary N) is 2. The fourth-order valence-corrected chi connectivity index (χ4v) is 2.31. The Bertz CT molecular complexity index is 811. The number of para-hydroxylation sites is 1. The highest BCUT2D eigenvalue weighted by molar-refractivity contribution is 5.75. The van der Waals surface area contributed by atoms with Gasteiger partial charge in [0.05, 0.1) is 36.4 Å². The number of hydrogen-bond acceptors (Lipinski definition) is 5. The zero-order valence-corrected chi connectivity index (χ0v) is 13.7. The maximum atomic E-state index is 11.6. The lowest BCUT2D eigenvalue weighted by Crippen LogP contribution is -2.30. The number of benzene rings is 1. The molecule has 0 saturated carbocycles. The third-order valence-corrected chi connectivity index (χ3v) is 3.51. The molecule has 8 heteroatoms. The number of aromatic nitrogens is 4. The number of nitrogens with zero attached hydrogens (tertiary/aromatic N) is 4. The molecule has 0 saturated heterocycles. The number of aliphatic hydroxyl groups is 1. The summed E-state index contributed by atoms with van der Waals surface area (Å²) in [5.41, 5.74) is 2.72. The van der Waals surface area contributed by atoms with Gasteiger partial charge in [-0.25, -0.2) is 4.68 Å². The smallest absolute Gasteiger partial charge is 0.241 e. The van der Waals surface area contributed by atoms with Crippen molar-refractivity contribution in [1.82, 2.24) is 24.9 Å². The van der Waals surface area contributed by atoms with Gasteiger partial charge < -0.3 is 15.7 Å². The molecule has 1 aromatic carbocycles. The summed E-state index contributed by atoms with van der Waals surface area (Å²) >= 11 is 0. The lowest BCUT2D eigenvalue weighted by molar-refractivity contribution is -0.122. The average Bonchev–Trinajstić information content (AvgIpc) is 3.28. The summed E-state index contributed by atoms with van der Waals surface area (Å²) in [5.74, 6) is -0.190. The first-order chi connectivity index (χ1) is 12.2. The van der Waals surface area contributed by atoms with E-state index in [4.69, 9.17) is 5.11 Å². The van der Waals surface area contributed by atoms with Gasteiger partial charge in [0, 0.05) is 18.9 Å². The number of hydrogen-bond donors (Lipinski definition) is 3. The molecule has 3 rings (SSSR count). The van der Waals surface area contributed by atoms with Crippen molar-refractivity contribution in [2.45, 2.75) is 13.1 Å². The quantitative estimate of drug-likeness (QED) is 0.563. The predicted molar refractivity (Wildman–Crippen MR) is 93.2 cm³/mol. The Labute approximate surface area is 145 Å². The monoisotopic (exact) mass is 340 g/mol. The Hall–Kier alpha value is -3.13. The first-order valence-corrected chi connectivity index (χ1v) is 7.98. The van der Waals surface area contributed by atoms with Gasteiger partial charge in [0.25, 0.3) is 0 Å². The number of carbonyl (C=O) groups excluding carboxylic acids is 1. The molecule has 2 heterocycles. The normalized spacial score (nSPS) is 10.6. The first-order valence-electron chi connectivity index (χ1n) is 7.98. The van der Waals surface area contributed by atoms with Gasteiger partial charge in [-0.15, -0.1) is 0 Å². The molecule has 3 N–H and O–H groups in total. The van der Waals surface area contributed by atoms with E-state index in [0.29, 0.717) is 6.54 Å². The number of aliphatic hydroxyl groups excluding tert-OH is 1. The van der Waals surface area contributed by atoms with Crippen LogP contribution in [0.15, 0.2) is 55.0 Å². The molecule has 0 atom stereocenters. The molecular formula is C17H20N6O2. The Kier molecular flexibility index (Phi) is 5.43. The van der Waals surface area contributed by atoms with E-state index in [1.54, 1.807) is 12.4 Å². The summed E-state index contributed by atoms with van der Waals surface area (Å²) in [5, 5.41) is 23.2. The van der Waals surface area contributed by atoms with Gasteiger partial charge in [-0.2, -0.15) is 10.2 Å². The van der Waals surface area contributed by atoms with E-state index < -0.39 is 0 Å². The summed E-state index contributed by atoms with van der Waals surface area (Å²) in [6, 6.07) is 11.9. The average molecular weight is 340 g/mol. The lowest BCUT2D eigenvalue weighted by Gasteiger charge is -2.03. The summed E-state index contributed by atoms with van der Waals surface area (Å²) in [6.07, 6.45) is 5.33. The van der Waals surface area contributed by atoms with Crippen molar-refractivity contribution < 1.29 is 9.90 Å². The van der Waals surface area contributed by atoms with Crippen LogP contribution in [0, 0.1) is 0 Å². The summed E-state index contributed by atoms with van der Waals surface area (Å²) < 4.78 is 3.36. The van der Waals surface area contributed by atoms with Gasteiger partial charge >= 0.3 is 0 Å². The molecule has 0 unspecified atom stereocenters. The minimum atomic E-state index is -0.190. The highest BCUT2D eigenvalue weighted by Gasteiger charge is 2.05. The molecule has 8 nitrogen and oxygen atoms in total. The highest BCUT2D eigenvalue weighted by atomic mass is 16.3. The van der Waals surface area contributed by atoms with Crippen molar-refractivity contribution in [3.63, 3.8) is 0 Å². The Morgan fingerprint density at radius 1 is 1.20 bits per heavy atom. The Morgan fingerprint density at radius 3 is 2.84 bits per heavy atom. The lowest BCUT2D eigenvalue weighted by atomic mass is 10.3. The molecule has 0 fully saturated rings. The van der Waals surface area contributed by atoms with Crippen molar-refractivity contribution >= 4 is 11.6 Å². The minimum absolute atomic E-state index is 0.0761. The van der Waals surface area contributed by atoms with Crippen LogP contribution in [0.25, 0.3) is 5.69 Å². The highest BCUT2D eigenvalue weighted by Crippen LogP contribution is 2.10. The molecule has 25 heavy (non-hydrogen) atoms. The third-order valence-electron chi connectivity index (χ3n) is 3.51. The second-order valence-corrected chi connectivity index (χ2v) is 5.44. The number of anilines is 1. The molecule has 130 valence electrons. The topological polar surface area (TPSA) is 97.0 Å². The zero-order chi connectivity index (χ0) is 17.5. The van der Waals surface area contributed by atoms with Gasteiger partial charge in [-0.1, -0.05) is 18.2 Å². The van der Waals surface area contributed by atoms with Crippen LogP contribution in [-0.4, -0.2) is 43.7 Å². The SMILES string of the molecule is O=C(Cn1cc(NCc2ccn(-c3ccccc3)n2)cn1)NCCO. The van der Waals surface area contributed by atoms with Crippen LogP contribution >= 0.6 is 0 Å². The Morgan fingerprint density at radius 2 is 2.04 bits per heavy atom. The van der Waals surface area contributed by atoms with Crippen LogP contribution in [0.2, 0.25) is 0 Å². The van der Waals surface area contributed by atoms with Crippen LogP contribution in [0.4, 0.5) is 5.69 Å². The molecule has 3 aromatic rings. The fraction of sp³-hybridized carbons (Fsp3) is 0.235. The maximum absolute atomic E-state index is 11.6. The van der Waals surface area contributed by atoms with Crippen LogP contribution in [0.5, 0.6) is 0 Å². The molecule has 1 amide bonds.